The van der Waals surface area contributed by atoms with Crippen LogP contribution in [0, 0.1) is 0 Å². The van der Waals surface area contributed by atoms with E-state index < -0.39 is 5.60 Å². The Kier molecular flexibility index (Phi) is 10.5. The molecule has 0 bridgehead atoms. The second kappa shape index (κ2) is 14.5. The van der Waals surface area contributed by atoms with Crippen LogP contribution in [-0.2, 0) is 26.4 Å². The summed E-state index contributed by atoms with van der Waals surface area (Å²) in [5.74, 6) is 0.821. The molecule has 38 heavy (non-hydrogen) atoms. The average Bonchev–Trinajstić information content (AvgIpc) is 3.00. The molecule has 0 unspecified atom stereocenters. The lowest BCUT2D eigenvalue weighted by molar-refractivity contribution is -0.0796. The third kappa shape index (κ3) is 7.09. The van der Waals surface area contributed by atoms with E-state index in [0.29, 0.717) is 26.2 Å². The van der Waals surface area contributed by atoms with Crippen LogP contribution in [-0.4, -0.2) is 44.7 Å². The quantitative estimate of drug-likeness (QED) is 0.157. The summed E-state index contributed by atoms with van der Waals surface area (Å²) in [6.07, 6.45) is 0.374. The predicted octanol–water partition coefficient (Wildman–Crippen LogP) is 5.99. The number of rotatable bonds is 15. The second-order valence-corrected chi connectivity index (χ2v) is 9.00. The van der Waals surface area contributed by atoms with Crippen LogP contribution in [0.15, 0.2) is 115 Å². The van der Waals surface area contributed by atoms with Crippen LogP contribution in [0.4, 0.5) is 0 Å². The molecule has 0 aliphatic rings. The first-order valence-corrected chi connectivity index (χ1v) is 13.0. The smallest absolute Gasteiger partial charge is 0.143 e. The molecule has 0 spiro atoms. The van der Waals surface area contributed by atoms with Crippen LogP contribution in [0.2, 0.25) is 0 Å². The fraction of sp³-hybridized carbons (Fsp3) is 0.273. The molecule has 5 heteroatoms. The third-order valence-electron chi connectivity index (χ3n) is 6.48. The van der Waals surface area contributed by atoms with Crippen molar-refractivity contribution in [2.75, 3.05) is 33.5 Å². The van der Waals surface area contributed by atoms with Gasteiger partial charge >= 0.3 is 0 Å². The summed E-state index contributed by atoms with van der Waals surface area (Å²) in [4.78, 5) is 0. The Morgan fingerprint density at radius 2 is 1.21 bits per heavy atom. The minimum atomic E-state index is -0.825. The topological polar surface area (TPSA) is 57.2 Å². The normalized spacial score (nSPS) is 12.3. The van der Waals surface area contributed by atoms with Gasteiger partial charge in [0.15, 0.2) is 0 Å². The number of aliphatic hydroxyl groups excluding tert-OH is 1. The summed E-state index contributed by atoms with van der Waals surface area (Å²) in [5.41, 5.74) is 3.36. The molecule has 1 atom stereocenters. The van der Waals surface area contributed by atoms with Gasteiger partial charge in [-0.2, -0.15) is 0 Å². The number of ether oxygens (including phenoxy) is 4. The standard InChI is InChI=1S/C33H36O5/c1-35-31-19-17-27(18-20-31)25-36-23-21-32(37-24-22-34)26-38-33(28-11-5-2-6-12-28,29-13-7-3-8-14-29)30-15-9-4-10-16-30/h2-20,32,34H,21-26H2,1H3/t32-/m0/s1. The summed E-state index contributed by atoms with van der Waals surface area (Å²) in [6.45, 7) is 1.51. The molecule has 0 saturated heterocycles. The molecule has 0 aliphatic carbocycles. The van der Waals surface area contributed by atoms with Crippen LogP contribution in [0.3, 0.4) is 0 Å². The zero-order chi connectivity index (χ0) is 26.5. The van der Waals surface area contributed by atoms with Crippen molar-refractivity contribution >= 4 is 0 Å². The highest BCUT2D eigenvalue weighted by atomic mass is 16.5. The number of aliphatic hydroxyl groups is 1. The molecule has 0 aromatic heterocycles. The highest BCUT2D eigenvalue weighted by Gasteiger charge is 2.38. The summed E-state index contributed by atoms with van der Waals surface area (Å²) in [5, 5.41) is 9.43. The van der Waals surface area contributed by atoms with Gasteiger partial charge in [0.1, 0.15) is 11.4 Å². The highest BCUT2D eigenvalue weighted by molar-refractivity contribution is 5.47. The first-order chi connectivity index (χ1) is 18.8. The lowest BCUT2D eigenvalue weighted by Crippen LogP contribution is -2.37. The SMILES string of the molecule is COc1ccc(COCC[C@@H](COC(c2ccccc2)(c2ccccc2)c2ccccc2)OCCO)cc1. The van der Waals surface area contributed by atoms with Gasteiger partial charge in [-0.15, -0.1) is 0 Å². The van der Waals surface area contributed by atoms with Crippen molar-refractivity contribution < 1.29 is 24.1 Å². The van der Waals surface area contributed by atoms with Gasteiger partial charge in [-0.3, -0.25) is 0 Å². The fourth-order valence-corrected chi connectivity index (χ4v) is 4.55. The Morgan fingerprint density at radius 1 is 0.684 bits per heavy atom. The summed E-state index contributed by atoms with van der Waals surface area (Å²) in [6, 6.07) is 38.7. The van der Waals surface area contributed by atoms with E-state index in [1.54, 1.807) is 7.11 Å². The van der Waals surface area contributed by atoms with Gasteiger partial charge in [-0.05, 0) is 40.8 Å². The van der Waals surface area contributed by atoms with Crippen molar-refractivity contribution in [2.24, 2.45) is 0 Å². The minimum absolute atomic E-state index is 0.0512. The number of methoxy groups -OCH3 is 1. The van der Waals surface area contributed by atoms with Gasteiger partial charge in [0.25, 0.3) is 0 Å². The molecule has 0 heterocycles. The number of hydrogen-bond donors (Lipinski definition) is 1. The van der Waals surface area contributed by atoms with Crippen LogP contribution >= 0.6 is 0 Å². The zero-order valence-electron chi connectivity index (χ0n) is 21.9. The maximum atomic E-state index is 9.43. The van der Waals surface area contributed by atoms with Crippen molar-refractivity contribution in [3.63, 3.8) is 0 Å². The van der Waals surface area contributed by atoms with Crippen LogP contribution in [0.1, 0.15) is 28.7 Å². The van der Waals surface area contributed by atoms with Gasteiger partial charge in [-0.25, -0.2) is 0 Å². The van der Waals surface area contributed by atoms with E-state index in [4.69, 9.17) is 18.9 Å². The summed E-state index contributed by atoms with van der Waals surface area (Å²) in [7, 11) is 1.65. The van der Waals surface area contributed by atoms with Crippen LogP contribution in [0.5, 0.6) is 5.75 Å². The molecule has 0 saturated carbocycles. The van der Waals surface area contributed by atoms with E-state index in [-0.39, 0.29) is 19.3 Å². The molecule has 0 amide bonds. The molecule has 198 valence electrons. The first kappa shape index (κ1) is 27.6. The Hall–Kier alpha value is -3.48. The predicted molar refractivity (Wildman–Crippen MR) is 149 cm³/mol. The van der Waals surface area contributed by atoms with Crippen molar-refractivity contribution in [3.8, 4) is 5.75 Å². The summed E-state index contributed by atoms with van der Waals surface area (Å²) < 4.78 is 24.1. The molecule has 0 aliphatic heterocycles. The Bertz CT molecular complexity index is 1080. The summed E-state index contributed by atoms with van der Waals surface area (Å²) >= 11 is 0. The second-order valence-electron chi connectivity index (χ2n) is 9.00. The molecular weight excluding hydrogens is 476 g/mol. The Labute approximate surface area is 225 Å². The molecule has 1 N–H and O–H groups in total. The Morgan fingerprint density at radius 3 is 1.68 bits per heavy atom. The van der Waals surface area contributed by atoms with Crippen LogP contribution < -0.4 is 4.74 Å². The molecule has 0 fully saturated rings. The van der Waals surface area contributed by atoms with Gasteiger partial charge in [0.05, 0.1) is 39.6 Å². The fourth-order valence-electron chi connectivity index (χ4n) is 4.55. The van der Waals surface area contributed by atoms with Gasteiger partial charge in [-0.1, -0.05) is 103 Å². The lowest BCUT2D eigenvalue weighted by atomic mass is 9.80. The average molecular weight is 513 g/mol. The van der Waals surface area contributed by atoms with Crippen molar-refractivity contribution in [1.82, 2.24) is 0 Å². The molecule has 4 rings (SSSR count). The molecular formula is C33H36O5. The third-order valence-corrected chi connectivity index (χ3v) is 6.48. The van der Waals surface area contributed by atoms with E-state index in [2.05, 4.69) is 36.4 Å². The van der Waals surface area contributed by atoms with E-state index in [9.17, 15) is 5.11 Å². The molecule has 4 aromatic carbocycles. The van der Waals surface area contributed by atoms with Gasteiger partial charge in [0.2, 0.25) is 0 Å². The Balaban J connectivity index is 1.52. The number of benzene rings is 4. The highest BCUT2D eigenvalue weighted by Crippen LogP contribution is 2.40. The largest absolute Gasteiger partial charge is 0.497 e. The zero-order valence-corrected chi connectivity index (χ0v) is 21.9. The van der Waals surface area contributed by atoms with Crippen molar-refractivity contribution in [2.45, 2.75) is 24.7 Å². The lowest BCUT2D eigenvalue weighted by Gasteiger charge is -2.37. The number of hydrogen-bond acceptors (Lipinski definition) is 5. The van der Waals surface area contributed by atoms with E-state index >= 15 is 0 Å². The van der Waals surface area contributed by atoms with E-state index in [1.165, 1.54) is 0 Å². The van der Waals surface area contributed by atoms with Gasteiger partial charge in [0, 0.05) is 6.61 Å². The monoisotopic (exact) mass is 512 g/mol. The molecule has 0 radical (unpaired) electrons. The molecule has 5 nitrogen and oxygen atoms in total. The maximum absolute atomic E-state index is 9.43. The van der Waals surface area contributed by atoms with Crippen molar-refractivity contribution in [1.29, 1.82) is 0 Å². The van der Waals surface area contributed by atoms with E-state index in [1.807, 2.05) is 78.9 Å². The van der Waals surface area contributed by atoms with Gasteiger partial charge < -0.3 is 24.1 Å². The van der Waals surface area contributed by atoms with E-state index in [0.717, 1.165) is 28.0 Å². The van der Waals surface area contributed by atoms with Crippen molar-refractivity contribution in [3.05, 3.63) is 138 Å². The minimum Gasteiger partial charge on any atom is -0.497 e. The van der Waals surface area contributed by atoms with Crippen LogP contribution in [0.25, 0.3) is 0 Å². The maximum Gasteiger partial charge on any atom is 0.143 e. The first-order valence-electron chi connectivity index (χ1n) is 13.0. The molecule has 4 aromatic rings.